The minimum Gasteiger partial charge on any atom is -0.467 e. The van der Waals surface area contributed by atoms with Crippen LogP contribution < -0.4 is 10.6 Å². The monoisotopic (exact) mass is 382 g/mol. The fourth-order valence-electron chi connectivity index (χ4n) is 2.10. The quantitative estimate of drug-likeness (QED) is 0.612. The van der Waals surface area contributed by atoms with Crippen LogP contribution in [0.25, 0.3) is 0 Å². The van der Waals surface area contributed by atoms with E-state index in [-0.39, 0.29) is 11.5 Å². The first-order valence-corrected chi connectivity index (χ1v) is 8.35. The number of amides is 2. The Balaban J connectivity index is 2.44. The van der Waals surface area contributed by atoms with Gasteiger partial charge in [0.25, 0.3) is 11.8 Å². The lowest BCUT2D eigenvalue weighted by Gasteiger charge is -2.21. The maximum atomic E-state index is 13.5. The van der Waals surface area contributed by atoms with Crippen LogP contribution in [0.3, 0.4) is 0 Å². The Bertz CT molecular complexity index is 694. The molecule has 1 aromatic carbocycles. The van der Waals surface area contributed by atoms with Gasteiger partial charge in [-0.25, -0.2) is 9.18 Å². The number of benzene rings is 1. The summed E-state index contributed by atoms with van der Waals surface area (Å²) >= 11 is 0. The molecule has 0 aliphatic carbocycles. The third kappa shape index (κ3) is 7.04. The summed E-state index contributed by atoms with van der Waals surface area (Å²) in [4.78, 5) is 47.0. The normalized spacial score (nSPS) is 12.4. The van der Waals surface area contributed by atoms with Gasteiger partial charge in [-0.1, -0.05) is 32.4 Å². The highest BCUT2D eigenvalue weighted by molar-refractivity contribution is 5.96. The first-order valence-electron chi connectivity index (χ1n) is 8.35. The van der Waals surface area contributed by atoms with E-state index in [1.54, 1.807) is 6.92 Å². The van der Waals surface area contributed by atoms with E-state index in [2.05, 4.69) is 15.4 Å². The van der Waals surface area contributed by atoms with Gasteiger partial charge in [-0.15, -0.1) is 0 Å². The van der Waals surface area contributed by atoms with Gasteiger partial charge in [-0.3, -0.25) is 14.4 Å². The zero-order valence-corrected chi connectivity index (χ0v) is 15.4. The molecule has 8 nitrogen and oxygen atoms in total. The molecular weight excluding hydrogens is 359 g/mol. The highest BCUT2D eigenvalue weighted by Crippen LogP contribution is 2.09. The average molecular weight is 382 g/mol. The maximum absolute atomic E-state index is 13.5. The lowest BCUT2D eigenvalue weighted by Crippen LogP contribution is -2.47. The van der Waals surface area contributed by atoms with E-state index in [9.17, 15) is 23.6 Å². The number of hydrogen-bond acceptors (Lipinski definition) is 6. The summed E-state index contributed by atoms with van der Waals surface area (Å²) in [5.41, 5.74) is -0.211. The van der Waals surface area contributed by atoms with Crippen molar-refractivity contribution in [2.24, 2.45) is 5.92 Å². The summed E-state index contributed by atoms with van der Waals surface area (Å²) in [5, 5.41) is 4.64. The number of halogens is 1. The minimum atomic E-state index is -0.881. The molecule has 0 aliphatic heterocycles. The molecule has 148 valence electrons. The van der Waals surface area contributed by atoms with Crippen molar-refractivity contribution >= 4 is 23.8 Å². The third-order valence-electron chi connectivity index (χ3n) is 3.86. The SMILES string of the molecule is CC[C@H](C)[C@@H](NC(=O)COC(=O)CNC(=O)c1ccccc1F)C(=O)OC. The lowest BCUT2D eigenvalue weighted by atomic mass is 9.99. The fraction of sp³-hybridized carbons (Fsp3) is 0.444. The van der Waals surface area contributed by atoms with Crippen LogP contribution in [0.2, 0.25) is 0 Å². The molecule has 0 saturated heterocycles. The van der Waals surface area contributed by atoms with E-state index in [0.717, 1.165) is 6.07 Å². The van der Waals surface area contributed by atoms with Crippen LogP contribution in [-0.4, -0.2) is 50.1 Å². The van der Waals surface area contributed by atoms with Crippen molar-refractivity contribution < 1.29 is 33.0 Å². The maximum Gasteiger partial charge on any atom is 0.328 e. The number of carbonyl (C=O) groups is 4. The standard InChI is InChI=1S/C18H23FN2O6/c1-4-11(2)16(18(25)26-3)21-14(22)10-27-15(23)9-20-17(24)12-7-5-6-8-13(12)19/h5-8,11,16H,4,9-10H2,1-3H3,(H,20,24)(H,21,22)/t11-,16+/m0/s1. The van der Waals surface area contributed by atoms with Crippen LogP contribution >= 0.6 is 0 Å². The van der Waals surface area contributed by atoms with Crippen molar-refractivity contribution in [1.82, 2.24) is 10.6 Å². The number of carbonyl (C=O) groups excluding carboxylic acids is 4. The topological polar surface area (TPSA) is 111 Å². The van der Waals surface area contributed by atoms with Crippen LogP contribution in [0.15, 0.2) is 24.3 Å². The van der Waals surface area contributed by atoms with E-state index in [4.69, 9.17) is 4.74 Å². The largest absolute Gasteiger partial charge is 0.467 e. The van der Waals surface area contributed by atoms with Gasteiger partial charge in [0.1, 0.15) is 18.4 Å². The molecule has 0 heterocycles. The summed E-state index contributed by atoms with van der Waals surface area (Å²) in [6.07, 6.45) is 0.627. The zero-order chi connectivity index (χ0) is 20.4. The van der Waals surface area contributed by atoms with E-state index < -0.39 is 48.8 Å². The molecule has 0 spiro atoms. The Morgan fingerprint density at radius 1 is 1.19 bits per heavy atom. The van der Waals surface area contributed by atoms with E-state index in [1.165, 1.54) is 25.3 Å². The van der Waals surface area contributed by atoms with Gasteiger partial charge in [0.2, 0.25) is 0 Å². The number of rotatable bonds is 9. The molecule has 1 aromatic rings. The number of ether oxygens (including phenoxy) is 2. The molecule has 0 fully saturated rings. The molecule has 0 bridgehead atoms. The molecule has 9 heteroatoms. The van der Waals surface area contributed by atoms with Crippen molar-refractivity contribution in [3.63, 3.8) is 0 Å². The van der Waals surface area contributed by atoms with E-state index in [1.807, 2.05) is 6.92 Å². The Labute approximate surface area is 156 Å². The Morgan fingerprint density at radius 2 is 1.85 bits per heavy atom. The number of hydrogen-bond donors (Lipinski definition) is 2. The van der Waals surface area contributed by atoms with E-state index >= 15 is 0 Å². The van der Waals surface area contributed by atoms with Crippen LogP contribution in [-0.2, 0) is 23.9 Å². The minimum absolute atomic E-state index is 0.169. The van der Waals surface area contributed by atoms with Crippen molar-refractivity contribution in [2.45, 2.75) is 26.3 Å². The molecule has 1 rings (SSSR count). The first kappa shape index (κ1) is 22.1. The predicted octanol–water partition coefficient (Wildman–Crippen LogP) is 0.803. The molecule has 0 saturated carbocycles. The summed E-state index contributed by atoms with van der Waals surface area (Å²) in [5.74, 6) is -3.83. The summed E-state index contributed by atoms with van der Waals surface area (Å²) in [6, 6.07) is 4.44. The molecule has 0 radical (unpaired) electrons. The molecule has 2 amide bonds. The molecule has 2 N–H and O–H groups in total. The van der Waals surface area contributed by atoms with Gasteiger partial charge >= 0.3 is 11.9 Å². The van der Waals surface area contributed by atoms with Crippen LogP contribution in [0.4, 0.5) is 4.39 Å². The molecule has 0 unspecified atom stereocenters. The highest BCUT2D eigenvalue weighted by Gasteiger charge is 2.27. The molecule has 0 aliphatic rings. The van der Waals surface area contributed by atoms with Crippen molar-refractivity contribution in [3.8, 4) is 0 Å². The molecule has 0 aromatic heterocycles. The van der Waals surface area contributed by atoms with Crippen LogP contribution in [0.1, 0.15) is 30.6 Å². The summed E-state index contributed by atoms with van der Waals surface area (Å²) in [7, 11) is 1.21. The average Bonchev–Trinajstić information content (AvgIpc) is 2.67. The Kier molecular flexibility index (Phi) is 8.91. The zero-order valence-electron chi connectivity index (χ0n) is 15.4. The smallest absolute Gasteiger partial charge is 0.328 e. The molecular formula is C18H23FN2O6. The van der Waals surface area contributed by atoms with Crippen LogP contribution in [0.5, 0.6) is 0 Å². The van der Waals surface area contributed by atoms with Gasteiger partial charge in [-0.05, 0) is 18.1 Å². The third-order valence-corrected chi connectivity index (χ3v) is 3.86. The summed E-state index contributed by atoms with van der Waals surface area (Å²) in [6.45, 7) is 2.46. The van der Waals surface area contributed by atoms with Gasteiger partial charge in [0.05, 0.1) is 12.7 Å². The molecule has 2 atom stereocenters. The predicted molar refractivity (Wildman–Crippen MR) is 93.1 cm³/mol. The van der Waals surface area contributed by atoms with Crippen LogP contribution in [0, 0.1) is 11.7 Å². The number of methoxy groups -OCH3 is 1. The fourth-order valence-corrected chi connectivity index (χ4v) is 2.10. The Hall–Kier alpha value is -2.97. The van der Waals surface area contributed by atoms with E-state index in [0.29, 0.717) is 6.42 Å². The second kappa shape index (κ2) is 10.9. The second-order valence-corrected chi connectivity index (χ2v) is 5.78. The highest BCUT2D eigenvalue weighted by atomic mass is 19.1. The van der Waals surface area contributed by atoms with Gasteiger partial charge in [-0.2, -0.15) is 0 Å². The number of nitrogens with one attached hydrogen (secondary N) is 2. The number of esters is 2. The summed E-state index contributed by atoms with van der Waals surface area (Å²) < 4.78 is 22.8. The van der Waals surface area contributed by atoms with Crippen molar-refractivity contribution in [3.05, 3.63) is 35.6 Å². The van der Waals surface area contributed by atoms with Crippen molar-refractivity contribution in [2.75, 3.05) is 20.3 Å². The van der Waals surface area contributed by atoms with Gasteiger partial charge in [0.15, 0.2) is 6.61 Å². The second-order valence-electron chi connectivity index (χ2n) is 5.78. The van der Waals surface area contributed by atoms with Crippen molar-refractivity contribution in [1.29, 1.82) is 0 Å². The lowest BCUT2D eigenvalue weighted by molar-refractivity contribution is -0.150. The molecule has 27 heavy (non-hydrogen) atoms. The Morgan fingerprint density at radius 3 is 2.44 bits per heavy atom. The van der Waals surface area contributed by atoms with Gasteiger partial charge < -0.3 is 20.1 Å². The first-order chi connectivity index (χ1) is 12.8. The van der Waals surface area contributed by atoms with Gasteiger partial charge in [0, 0.05) is 0 Å².